The van der Waals surface area contributed by atoms with Gasteiger partial charge in [-0.25, -0.2) is 4.39 Å². The summed E-state index contributed by atoms with van der Waals surface area (Å²) in [6.45, 7) is 3.09. The van der Waals surface area contributed by atoms with Crippen molar-refractivity contribution in [2.24, 2.45) is 0 Å². The van der Waals surface area contributed by atoms with E-state index in [2.05, 4.69) is 18.2 Å². The van der Waals surface area contributed by atoms with Crippen LogP contribution < -0.4 is 5.32 Å². The summed E-state index contributed by atoms with van der Waals surface area (Å²) in [6, 6.07) is 7.07. The Bertz CT molecular complexity index is 355. The van der Waals surface area contributed by atoms with Gasteiger partial charge in [0.15, 0.2) is 0 Å². The number of halogens is 1. The highest BCUT2D eigenvalue weighted by molar-refractivity contribution is 7.99. The van der Waals surface area contributed by atoms with Crippen LogP contribution in [0.2, 0.25) is 0 Å². The highest BCUT2D eigenvalue weighted by Gasteiger charge is 2.02. The first kappa shape index (κ1) is 14.1. The average molecular weight is 251 g/mol. The van der Waals surface area contributed by atoms with Crippen LogP contribution in [-0.2, 0) is 6.42 Å². The summed E-state index contributed by atoms with van der Waals surface area (Å²) in [4.78, 5) is 0. The third kappa shape index (κ3) is 6.35. The highest BCUT2D eigenvalue weighted by Crippen LogP contribution is 2.05. The Balaban J connectivity index is 2.18. The molecule has 0 heterocycles. The van der Waals surface area contributed by atoms with Crippen molar-refractivity contribution >= 4 is 11.8 Å². The first-order chi connectivity index (χ1) is 8.22. The molecule has 0 saturated heterocycles. The molecule has 0 aliphatic carbocycles. The van der Waals surface area contributed by atoms with Crippen LogP contribution in [-0.4, -0.2) is 24.1 Å². The summed E-state index contributed by atoms with van der Waals surface area (Å²) in [5, 5.41) is 3.42. The molecule has 3 heteroatoms. The van der Waals surface area contributed by atoms with Crippen molar-refractivity contribution in [2.45, 2.75) is 19.4 Å². The summed E-state index contributed by atoms with van der Waals surface area (Å²) < 4.78 is 12.7. The van der Waals surface area contributed by atoms with Gasteiger partial charge in [-0.05, 0) is 31.0 Å². The second kappa shape index (κ2) is 8.16. The van der Waals surface area contributed by atoms with E-state index in [-0.39, 0.29) is 5.82 Å². The zero-order valence-corrected chi connectivity index (χ0v) is 10.9. The zero-order chi connectivity index (χ0) is 12.5. The minimum atomic E-state index is -0.181. The molecule has 0 fully saturated rings. The van der Waals surface area contributed by atoms with Gasteiger partial charge in [-0.1, -0.05) is 18.1 Å². The molecule has 0 saturated carbocycles. The average Bonchev–Trinajstić information content (AvgIpc) is 2.32. The van der Waals surface area contributed by atoms with Crippen LogP contribution in [0.15, 0.2) is 24.3 Å². The molecule has 1 aromatic carbocycles. The molecular formula is C14H18FNS. The Kier molecular flexibility index (Phi) is 6.76. The molecule has 0 bridgehead atoms. The number of nitrogens with one attached hydrogen (secondary N) is 1. The van der Waals surface area contributed by atoms with Crippen molar-refractivity contribution < 1.29 is 4.39 Å². The van der Waals surface area contributed by atoms with Gasteiger partial charge in [0.05, 0.1) is 5.75 Å². The molecule has 0 aliphatic heterocycles. The second-order valence-corrected chi connectivity index (χ2v) is 5.05. The lowest BCUT2D eigenvalue weighted by molar-refractivity contribution is 0.566. The van der Waals surface area contributed by atoms with Gasteiger partial charge in [0.2, 0.25) is 0 Å². The Morgan fingerprint density at radius 3 is 2.76 bits per heavy atom. The van der Waals surface area contributed by atoms with Gasteiger partial charge in [-0.15, -0.1) is 18.2 Å². The van der Waals surface area contributed by atoms with Crippen LogP contribution in [0.4, 0.5) is 4.39 Å². The second-order valence-electron chi connectivity index (χ2n) is 3.94. The quantitative estimate of drug-likeness (QED) is 0.591. The van der Waals surface area contributed by atoms with Crippen molar-refractivity contribution in [3.8, 4) is 12.3 Å². The van der Waals surface area contributed by atoms with Gasteiger partial charge in [0.1, 0.15) is 5.82 Å². The normalized spacial score (nSPS) is 12.1. The van der Waals surface area contributed by atoms with Crippen molar-refractivity contribution in [3.05, 3.63) is 35.6 Å². The van der Waals surface area contributed by atoms with Crippen molar-refractivity contribution in [2.75, 3.05) is 18.1 Å². The number of hydrogen-bond acceptors (Lipinski definition) is 2. The molecule has 1 rings (SSSR count). The van der Waals surface area contributed by atoms with Crippen molar-refractivity contribution in [1.29, 1.82) is 0 Å². The van der Waals surface area contributed by atoms with Gasteiger partial charge < -0.3 is 5.32 Å². The van der Waals surface area contributed by atoms with Crippen LogP contribution in [0, 0.1) is 18.2 Å². The minimum Gasteiger partial charge on any atom is -0.313 e. The third-order valence-corrected chi connectivity index (χ3v) is 3.24. The van der Waals surface area contributed by atoms with Crippen LogP contribution >= 0.6 is 11.8 Å². The van der Waals surface area contributed by atoms with E-state index in [1.807, 2.05) is 12.1 Å². The number of terminal acetylenes is 1. The molecule has 1 atom stereocenters. The van der Waals surface area contributed by atoms with Gasteiger partial charge in [0, 0.05) is 18.3 Å². The molecule has 0 spiro atoms. The fraction of sp³-hybridized carbons (Fsp3) is 0.429. The van der Waals surface area contributed by atoms with Crippen LogP contribution in [0.25, 0.3) is 0 Å². The summed E-state index contributed by atoms with van der Waals surface area (Å²) in [5.74, 6) is 4.22. The molecule has 0 aliphatic rings. The molecular weight excluding hydrogens is 233 g/mol. The van der Waals surface area contributed by atoms with Gasteiger partial charge >= 0.3 is 0 Å². The predicted molar refractivity (Wildman–Crippen MR) is 73.7 cm³/mol. The largest absolute Gasteiger partial charge is 0.313 e. The number of benzene rings is 1. The van der Waals surface area contributed by atoms with E-state index in [1.54, 1.807) is 11.8 Å². The number of rotatable bonds is 7. The molecule has 17 heavy (non-hydrogen) atoms. The van der Waals surface area contributed by atoms with E-state index < -0.39 is 0 Å². The smallest absolute Gasteiger partial charge is 0.123 e. The van der Waals surface area contributed by atoms with E-state index in [0.717, 1.165) is 30.0 Å². The number of thioether (sulfide) groups is 1. The van der Waals surface area contributed by atoms with E-state index in [1.165, 1.54) is 12.1 Å². The molecule has 0 radical (unpaired) electrons. The maximum absolute atomic E-state index is 12.7. The van der Waals surface area contributed by atoms with Crippen molar-refractivity contribution in [1.82, 2.24) is 5.32 Å². The lowest BCUT2D eigenvalue weighted by atomic mass is 10.1. The SMILES string of the molecule is C#CCSCCNC(C)Cc1ccc(F)cc1. The maximum Gasteiger partial charge on any atom is 0.123 e. The standard InChI is InChI=1S/C14H18FNS/c1-3-9-17-10-8-16-12(2)11-13-4-6-14(15)7-5-13/h1,4-7,12,16H,8-11H2,2H3. The fourth-order valence-electron chi connectivity index (χ4n) is 1.55. The van der Waals surface area contributed by atoms with Crippen LogP contribution in [0.3, 0.4) is 0 Å². The van der Waals surface area contributed by atoms with Crippen LogP contribution in [0.1, 0.15) is 12.5 Å². The van der Waals surface area contributed by atoms with E-state index in [4.69, 9.17) is 6.42 Å². The van der Waals surface area contributed by atoms with Crippen molar-refractivity contribution in [3.63, 3.8) is 0 Å². The topological polar surface area (TPSA) is 12.0 Å². The Hall–Kier alpha value is -0.980. The number of hydrogen-bond donors (Lipinski definition) is 1. The predicted octanol–water partition coefficient (Wildman–Crippen LogP) is 2.71. The highest BCUT2D eigenvalue weighted by atomic mass is 32.2. The van der Waals surface area contributed by atoms with Gasteiger partial charge in [-0.2, -0.15) is 0 Å². The molecule has 1 nitrogen and oxygen atoms in total. The summed E-state index contributed by atoms with van der Waals surface area (Å²) in [7, 11) is 0. The Morgan fingerprint density at radius 2 is 2.12 bits per heavy atom. The Labute approximate surface area is 107 Å². The van der Waals surface area contributed by atoms with Gasteiger partial charge in [0.25, 0.3) is 0 Å². The molecule has 1 aromatic rings. The van der Waals surface area contributed by atoms with E-state index in [9.17, 15) is 4.39 Å². The van der Waals surface area contributed by atoms with E-state index >= 15 is 0 Å². The lowest BCUT2D eigenvalue weighted by Gasteiger charge is -2.13. The molecule has 1 unspecified atom stereocenters. The van der Waals surface area contributed by atoms with Crippen LogP contribution in [0.5, 0.6) is 0 Å². The summed E-state index contributed by atoms with van der Waals surface area (Å²) in [6.07, 6.45) is 6.08. The molecule has 1 N–H and O–H groups in total. The molecule has 92 valence electrons. The summed E-state index contributed by atoms with van der Waals surface area (Å²) >= 11 is 1.76. The zero-order valence-electron chi connectivity index (χ0n) is 10.1. The molecule has 0 amide bonds. The monoisotopic (exact) mass is 251 g/mol. The third-order valence-electron chi connectivity index (χ3n) is 2.38. The first-order valence-electron chi connectivity index (χ1n) is 5.71. The molecule has 0 aromatic heterocycles. The maximum atomic E-state index is 12.7. The lowest BCUT2D eigenvalue weighted by Crippen LogP contribution is -2.30. The van der Waals surface area contributed by atoms with E-state index in [0.29, 0.717) is 6.04 Å². The Morgan fingerprint density at radius 1 is 1.41 bits per heavy atom. The fourth-order valence-corrected chi connectivity index (χ4v) is 2.08. The first-order valence-corrected chi connectivity index (χ1v) is 6.87. The van der Waals surface area contributed by atoms with Gasteiger partial charge in [-0.3, -0.25) is 0 Å². The summed E-state index contributed by atoms with van der Waals surface area (Å²) in [5.41, 5.74) is 1.16. The minimum absolute atomic E-state index is 0.181.